The summed E-state index contributed by atoms with van der Waals surface area (Å²) < 4.78 is 23.4. The van der Waals surface area contributed by atoms with Crippen LogP contribution in [0.5, 0.6) is 11.5 Å². The van der Waals surface area contributed by atoms with Crippen LogP contribution in [-0.2, 0) is 19.9 Å². The molecule has 9 nitrogen and oxygen atoms in total. The molecule has 0 radical (unpaired) electrons. The van der Waals surface area contributed by atoms with Gasteiger partial charge in [-0.3, -0.25) is 15.0 Å². The minimum Gasteiger partial charge on any atom is -0.497 e. The summed E-state index contributed by atoms with van der Waals surface area (Å²) in [4.78, 5) is 25.9. The number of ether oxygens (including phenoxy) is 4. The molecule has 0 saturated carbocycles. The number of urea groups is 1. The number of carbonyl (C=O) groups excluding carboxylic acids is 2. The first-order valence-corrected chi connectivity index (χ1v) is 14.2. The second-order valence-electron chi connectivity index (χ2n) is 9.66. The van der Waals surface area contributed by atoms with Crippen molar-refractivity contribution in [2.24, 2.45) is 0 Å². The molecule has 4 atom stereocenters. The molecule has 0 spiro atoms. The molecule has 3 aromatic carbocycles. The molecule has 40 heavy (non-hydrogen) atoms. The minimum atomic E-state index is -1.07. The number of carbonyl (C=O) groups is 2. The lowest BCUT2D eigenvalue weighted by molar-refractivity contribution is -0.124. The molecule has 210 valence electrons. The summed E-state index contributed by atoms with van der Waals surface area (Å²) in [5, 5.41) is 13.3. The van der Waals surface area contributed by atoms with Gasteiger partial charge in [0.15, 0.2) is 0 Å². The zero-order chi connectivity index (χ0) is 28.3. The van der Waals surface area contributed by atoms with E-state index >= 15 is 0 Å². The molecule has 4 unspecified atom stereocenters. The van der Waals surface area contributed by atoms with Crippen LogP contribution in [0.1, 0.15) is 23.1 Å². The summed E-state index contributed by atoms with van der Waals surface area (Å²) in [6.07, 6.45) is -2.05. The Kier molecular flexibility index (Phi) is 8.60. The van der Waals surface area contributed by atoms with E-state index in [4.69, 9.17) is 18.9 Å². The molecule has 2 N–H and O–H groups in total. The molecule has 0 aromatic heterocycles. The number of alkyl halides is 1. The quantitative estimate of drug-likeness (QED) is 0.205. The van der Waals surface area contributed by atoms with Gasteiger partial charge in [0.25, 0.3) is 0 Å². The van der Waals surface area contributed by atoms with E-state index in [-0.39, 0.29) is 25.5 Å². The lowest BCUT2D eigenvalue weighted by atomic mass is 9.80. The molecule has 5 rings (SSSR count). The van der Waals surface area contributed by atoms with Gasteiger partial charge in [0, 0.05) is 13.0 Å². The fraction of sp³-hybridized carbons (Fsp3) is 0.333. The van der Waals surface area contributed by atoms with Crippen molar-refractivity contribution in [1.29, 1.82) is 0 Å². The minimum absolute atomic E-state index is 0.0344. The van der Waals surface area contributed by atoms with Gasteiger partial charge in [-0.1, -0.05) is 77.2 Å². The van der Waals surface area contributed by atoms with Crippen LogP contribution in [0.25, 0.3) is 0 Å². The van der Waals surface area contributed by atoms with Crippen LogP contribution in [0.4, 0.5) is 4.79 Å². The van der Waals surface area contributed by atoms with Crippen LogP contribution >= 0.6 is 22.6 Å². The summed E-state index contributed by atoms with van der Waals surface area (Å²) in [6.45, 7) is 0.245. The monoisotopic (exact) mass is 658 g/mol. The molecule has 3 amide bonds. The molecule has 10 heteroatoms. The Bertz CT molecular complexity index is 1270. The number of methoxy groups -OCH3 is 2. The third-order valence-electron chi connectivity index (χ3n) is 7.32. The first-order chi connectivity index (χ1) is 19.3. The number of nitrogens with one attached hydrogen (secondary N) is 1. The van der Waals surface area contributed by atoms with Crippen molar-refractivity contribution >= 4 is 34.5 Å². The van der Waals surface area contributed by atoms with Gasteiger partial charge in [0.05, 0.1) is 26.9 Å². The van der Waals surface area contributed by atoms with Gasteiger partial charge >= 0.3 is 6.03 Å². The van der Waals surface area contributed by atoms with Crippen molar-refractivity contribution in [3.8, 4) is 11.5 Å². The molecule has 2 heterocycles. The van der Waals surface area contributed by atoms with Crippen molar-refractivity contribution < 1.29 is 33.6 Å². The van der Waals surface area contributed by atoms with Gasteiger partial charge in [-0.05, 0) is 41.0 Å². The van der Waals surface area contributed by atoms with Gasteiger partial charge < -0.3 is 24.1 Å². The van der Waals surface area contributed by atoms with Crippen LogP contribution in [0.3, 0.4) is 0 Å². The van der Waals surface area contributed by atoms with Crippen LogP contribution in [0, 0.1) is 0 Å². The summed E-state index contributed by atoms with van der Waals surface area (Å²) >= 11 is 1.99. The SMILES string of the molecule is COc1ccc(C(OCC2OC(N3CC(I)C(=O)NC3=O)CC2O)(c2ccccc2)c2ccc(OC)cc2)cc1. The maximum atomic E-state index is 12.5. The first-order valence-electron chi connectivity index (χ1n) is 12.9. The van der Waals surface area contributed by atoms with Crippen LogP contribution in [0.15, 0.2) is 78.9 Å². The highest BCUT2D eigenvalue weighted by atomic mass is 127. The van der Waals surface area contributed by atoms with E-state index in [1.54, 1.807) is 14.2 Å². The summed E-state index contributed by atoms with van der Waals surface area (Å²) in [5.74, 6) is 1.10. The zero-order valence-electron chi connectivity index (χ0n) is 22.2. The number of halogens is 1. The number of imide groups is 1. The average molecular weight is 658 g/mol. The fourth-order valence-electron chi connectivity index (χ4n) is 5.18. The molecule has 0 aliphatic carbocycles. The number of aliphatic hydroxyl groups is 1. The van der Waals surface area contributed by atoms with E-state index in [1.807, 2.05) is 101 Å². The standard InChI is InChI=1S/C30H31IN2O7/c1-37-22-12-8-20(9-13-22)30(19-6-4-3-5-7-19,21-10-14-23(38-2)15-11-21)39-18-26-25(34)16-27(40-26)33-17-24(31)28(35)32-29(33)36/h3-15,24-27,34H,16-18H2,1-2H3,(H,32,35,36). The average Bonchev–Trinajstić information content (AvgIpc) is 3.36. The van der Waals surface area contributed by atoms with E-state index in [9.17, 15) is 14.7 Å². The Labute approximate surface area is 246 Å². The van der Waals surface area contributed by atoms with Gasteiger partial charge in [-0.2, -0.15) is 0 Å². The van der Waals surface area contributed by atoms with Crippen LogP contribution in [0.2, 0.25) is 0 Å². The predicted octanol–water partition coefficient (Wildman–Crippen LogP) is 3.84. The van der Waals surface area contributed by atoms with Crippen molar-refractivity contribution in [3.63, 3.8) is 0 Å². The molecule has 2 aliphatic heterocycles. The molecule has 2 aliphatic rings. The van der Waals surface area contributed by atoms with E-state index < -0.39 is 34.0 Å². The predicted molar refractivity (Wildman–Crippen MR) is 156 cm³/mol. The fourth-order valence-corrected chi connectivity index (χ4v) is 5.76. The smallest absolute Gasteiger partial charge is 0.326 e. The molecular weight excluding hydrogens is 627 g/mol. The van der Waals surface area contributed by atoms with Gasteiger partial charge in [-0.25, -0.2) is 4.79 Å². The molecule has 0 bridgehead atoms. The summed E-state index contributed by atoms with van der Waals surface area (Å²) in [5.41, 5.74) is 1.53. The Balaban J connectivity index is 1.49. The summed E-state index contributed by atoms with van der Waals surface area (Å²) in [7, 11) is 3.24. The van der Waals surface area contributed by atoms with Crippen molar-refractivity contribution in [2.45, 2.75) is 34.4 Å². The number of aliphatic hydroxyl groups excluding tert-OH is 1. The molecule has 2 fully saturated rings. The maximum Gasteiger partial charge on any atom is 0.326 e. The van der Waals surface area contributed by atoms with E-state index in [1.165, 1.54) is 4.90 Å². The third kappa shape index (κ3) is 5.53. The van der Waals surface area contributed by atoms with Crippen molar-refractivity contribution in [2.75, 3.05) is 27.4 Å². The lowest BCUT2D eigenvalue weighted by Crippen LogP contribution is -2.58. The topological polar surface area (TPSA) is 107 Å². The van der Waals surface area contributed by atoms with E-state index in [0.29, 0.717) is 11.5 Å². The molecular formula is C30H31IN2O7. The Hall–Kier alpha value is -3.19. The Morgan fingerprint density at radius 1 is 0.925 bits per heavy atom. The number of benzene rings is 3. The lowest BCUT2D eigenvalue weighted by Gasteiger charge is -2.37. The second kappa shape index (κ2) is 12.1. The number of hydrogen-bond acceptors (Lipinski definition) is 7. The highest BCUT2D eigenvalue weighted by molar-refractivity contribution is 14.1. The van der Waals surface area contributed by atoms with E-state index in [0.717, 1.165) is 16.7 Å². The highest BCUT2D eigenvalue weighted by Crippen LogP contribution is 2.42. The highest BCUT2D eigenvalue weighted by Gasteiger charge is 2.45. The molecule has 2 saturated heterocycles. The van der Waals surface area contributed by atoms with Gasteiger partial charge in [0.2, 0.25) is 5.91 Å². The normalized spacial score (nSPS) is 23.1. The maximum absolute atomic E-state index is 12.5. The number of hydrogen-bond donors (Lipinski definition) is 2. The first kappa shape index (κ1) is 28.3. The van der Waals surface area contributed by atoms with Crippen LogP contribution < -0.4 is 14.8 Å². The number of rotatable bonds is 9. The van der Waals surface area contributed by atoms with Gasteiger partial charge in [-0.15, -0.1) is 0 Å². The second-order valence-corrected chi connectivity index (χ2v) is 11.2. The number of nitrogens with zero attached hydrogens (tertiary/aromatic N) is 1. The Morgan fingerprint density at radius 2 is 1.48 bits per heavy atom. The van der Waals surface area contributed by atoms with Gasteiger partial charge in [0.1, 0.15) is 33.4 Å². The zero-order valence-corrected chi connectivity index (χ0v) is 24.3. The summed E-state index contributed by atoms with van der Waals surface area (Å²) in [6, 6.07) is 24.7. The van der Waals surface area contributed by atoms with Crippen LogP contribution in [-0.4, -0.2) is 71.7 Å². The van der Waals surface area contributed by atoms with Crippen molar-refractivity contribution in [1.82, 2.24) is 10.2 Å². The molecule has 3 aromatic rings. The number of amides is 3. The van der Waals surface area contributed by atoms with E-state index in [2.05, 4.69) is 5.32 Å². The third-order valence-corrected chi connectivity index (χ3v) is 8.28. The Morgan fingerprint density at radius 3 is 2.02 bits per heavy atom. The van der Waals surface area contributed by atoms with Crippen molar-refractivity contribution in [3.05, 3.63) is 95.6 Å². The largest absolute Gasteiger partial charge is 0.497 e.